The lowest BCUT2D eigenvalue weighted by Crippen LogP contribution is -2.50. The van der Waals surface area contributed by atoms with Crippen LogP contribution in [0.25, 0.3) is 0 Å². The SMILES string of the molecule is CCCC[C@H](NC(=O)NCc1cccc(N2CCOCC2)c1)C(=O)N(Cc1cccs1)Cc1cccs1. The highest BCUT2D eigenvalue weighted by Crippen LogP contribution is 2.20. The van der Waals surface area contributed by atoms with Crippen LogP contribution in [-0.4, -0.2) is 49.2 Å². The second-order valence-electron chi connectivity index (χ2n) is 9.14. The van der Waals surface area contributed by atoms with Crippen molar-refractivity contribution in [1.29, 1.82) is 0 Å². The Balaban J connectivity index is 1.38. The molecule has 4 rings (SSSR count). The average Bonchev–Trinajstić information content (AvgIpc) is 3.64. The Labute approximate surface area is 227 Å². The summed E-state index contributed by atoms with van der Waals surface area (Å²) < 4.78 is 5.45. The van der Waals surface area contributed by atoms with Gasteiger partial charge in [-0.15, -0.1) is 22.7 Å². The van der Waals surface area contributed by atoms with Crippen molar-refractivity contribution in [3.05, 3.63) is 74.6 Å². The molecule has 1 aromatic carbocycles. The van der Waals surface area contributed by atoms with Crippen LogP contribution in [0.3, 0.4) is 0 Å². The lowest BCUT2D eigenvalue weighted by atomic mass is 10.1. The number of morpholine rings is 1. The number of amides is 3. The molecule has 3 heterocycles. The minimum Gasteiger partial charge on any atom is -0.378 e. The Bertz CT molecular complexity index is 1060. The molecule has 1 aliphatic heterocycles. The molecule has 3 amide bonds. The highest BCUT2D eigenvalue weighted by molar-refractivity contribution is 7.10. The summed E-state index contributed by atoms with van der Waals surface area (Å²) in [6, 6.07) is 15.4. The van der Waals surface area contributed by atoms with E-state index >= 15 is 0 Å². The first kappa shape index (κ1) is 27.2. The van der Waals surface area contributed by atoms with Crippen molar-refractivity contribution in [2.24, 2.45) is 0 Å². The third-order valence-electron chi connectivity index (χ3n) is 6.35. The number of nitrogens with zero attached hydrogens (tertiary/aromatic N) is 2. The quantitative estimate of drug-likeness (QED) is 0.330. The van der Waals surface area contributed by atoms with Crippen molar-refractivity contribution in [3.8, 4) is 0 Å². The molecule has 0 unspecified atom stereocenters. The standard InChI is InChI=1S/C28H36N4O3S2/c1-2-3-11-26(27(33)32(20-24-9-5-16-36-24)21-25-10-6-17-37-25)30-28(34)29-19-22-7-4-8-23(18-22)31-12-14-35-15-13-31/h4-10,16-18,26H,2-3,11-15,19-21H2,1H3,(H2,29,30,34)/t26-/m0/s1. The van der Waals surface area contributed by atoms with Crippen LogP contribution in [0.1, 0.15) is 41.5 Å². The number of urea groups is 1. The van der Waals surface area contributed by atoms with Gasteiger partial charge in [-0.25, -0.2) is 4.79 Å². The van der Waals surface area contributed by atoms with Gasteiger partial charge in [-0.3, -0.25) is 4.79 Å². The van der Waals surface area contributed by atoms with Crippen LogP contribution < -0.4 is 15.5 Å². The van der Waals surface area contributed by atoms with Gasteiger partial charge in [0.05, 0.1) is 26.3 Å². The van der Waals surface area contributed by atoms with Gasteiger partial charge in [0.15, 0.2) is 0 Å². The van der Waals surface area contributed by atoms with Crippen LogP contribution in [0.4, 0.5) is 10.5 Å². The molecule has 1 fully saturated rings. The second kappa shape index (κ2) is 14.2. The van der Waals surface area contributed by atoms with E-state index < -0.39 is 6.04 Å². The average molecular weight is 541 g/mol. The molecular weight excluding hydrogens is 504 g/mol. The number of benzene rings is 1. The van der Waals surface area contributed by atoms with Gasteiger partial charge in [-0.2, -0.15) is 0 Å². The van der Waals surface area contributed by atoms with Crippen molar-refractivity contribution in [1.82, 2.24) is 15.5 Å². The summed E-state index contributed by atoms with van der Waals surface area (Å²) in [5, 5.41) is 9.99. The maximum absolute atomic E-state index is 13.7. The fraction of sp³-hybridized carbons (Fsp3) is 0.429. The summed E-state index contributed by atoms with van der Waals surface area (Å²) in [5.41, 5.74) is 2.16. The summed E-state index contributed by atoms with van der Waals surface area (Å²) in [6.07, 6.45) is 2.43. The van der Waals surface area contributed by atoms with Gasteiger partial charge in [0.1, 0.15) is 6.04 Å². The molecule has 1 saturated heterocycles. The number of anilines is 1. The normalized spacial score (nSPS) is 14.2. The largest absolute Gasteiger partial charge is 0.378 e. The Kier molecular flexibility index (Phi) is 10.4. The van der Waals surface area contributed by atoms with Gasteiger partial charge in [-0.1, -0.05) is 44.0 Å². The molecule has 1 aliphatic rings. The zero-order valence-corrected chi connectivity index (χ0v) is 23.0. The number of unbranched alkanes of at least 4 members (excludes halogenated alkanes) is 1. The minimum absolute atomic E-state index is 0.0419. The lowest BCUT2D eigenvalue weighted by molar-refractivity contribution is -0.134. The summed E-state index contributed by atoms with van der Waals surface area (Å²) in [7, 11) is 0. The van der Waals surface area contributed by atoms with Crippen LogP contribution >= 0.6 is 22.7 Å². The molecule has 2 aromatic heterocycles. The van der Waals surface area contributed by atoms with E-state index in [1.165, 1.54) is 0 Å². The van der Waals surface area contributed by atoms with Crippen LogP contribution in [0, 0.1) is 0 Å². The number of thiophene rings is 2. The van der Waals surface area contributed by atoms with Crippen molar-refractivity contribution < 1.29 is 14.3 Å². The van der Waals surface area contributed by atoms with Crippen LogP contribution in [0.15, 0.2) is 59.3 Å². The van der Waals surface area contributed by atoms with E-state index in [1.807, 2.05) is 52.1 Å². The van der Waals surface area contributed by atoms with E-state index in [0.717, 1.165) is 60.2 Å². The lowest BCUT2D eigenvalue weighted by Gasteiger charge is -2.29. The number of hydrogen-bond donors (Lipinski definition) is 2. The van der Waals surface area contributed by atoms with Crippen LogP contribution in [0.2, 0.25) is 0 Å². The molecule has 198 valence electrons. The van der Waals surface area contributed by atoms with Crippen molar-refractivity contribution in [2.45, 2.75) is 51.9 Å². The maximum Gasteiger partial charge on any atom is 0.315 e. The van der Waals surface area contributed by atoms with Gasteiger partial charge in [0.25, 0.3) is 0 Å². The molecule has 37 heavy (non-hydrogen) atoms. The van der Waals surface area contributed by atoms with Gasteiger partial charge >= 0.3 is 6.03 Å². The van der Waals surface area contributed by atoms with Gasteiger partial charge in [0.2, 0.25) is 5.91 Å². The monoisotopic (exact) mass is 540 g/mol. The smallest absolute Gasteiger partial charge is 0.315 e. The maximum atomic E-state index is 13.7. The molecule has 0 aliphatic carbocycles. The topological polar surface area (TPSA) is 73.9 Å². The summed E-state index contributed by atoms with van der Waals surface area (Å²) in [4.78, 5) is 33.0. The highest BCUT2D eigenvalue weighted by atomic mass is 32.1. The number of hydrogen-bond acceptors (Lipinski definition) is 6. The first-order valence-electron chi connectivity index (χ1n) is 12.9. The summed E-state index contributed by atoms with van der Waals surface area (Å²) in [6.45, 7) is 6.76. The second-order valence-corrected chi connectivity index (χ2v) is 11.2. The molecule has 7 nitrogen and oxygen atoms in total. The molecule has 0 radical (unpaired) electrons. The fourth-order valence-electron chi connectivity index (χ4n) is 4.36. The highest BCUT2D eigenvalue weighted by Gasteiger charge is 2.26. The van der Waals surface area contributed by atoms with Crippen LogP contribution in [-0.2, 0) is 29.2 Å². The predicted octanol–water partition coefficient (Wildman–Crippen LogP) is 5.23. The Morgan fingerprint density at radius 3 is 2.35 bits per heavy atom. The molecule has 0 bridgehead atoms. The zero-order chi connectivity index (χ0) is 25.9. The molecule has 3 aromatic rings. The van der Waals surface area contributed by atoms with Gasteiger partial charge < -0.3 is 25.2 Å². The van der Waals surface area contributed by atoms with Gasteiger partial charge in [0, 0.05) is 35.1 Å². The third-order valence-corrected chi connectivity index (χ3v) is 8.08. The first-order valence-corrected chi connectivity index (χ1v) is 14.7. The van der Waals surface area contributed by atoms with Crippen molar-refractivity contribution >= 4 is 40.3 Å². The van der Waals surface area contributed by atoms with Crippen molar-refractivity contribution in [3.63, 3.8) is 0 Å². The van der Waals surface area contributed by atoms with E-state index in [4.69, 9.17) is 4.74 Å². The number of ether oxygens (including phenoxy) is 1. The summed E-state index contributed by atoms with van der Waals surface area (Å²) >= 11 is 3.28. The number of rotatable bonds is 12. The molecule has 0 spiro atoms. The molecular formula is C28H36N4O3S2. The fourth-order valence-corrected chi connectivity index (χ4v) is 5.79. The molecule has 2 N–H and O–H groups in total. The molecule has 1 atom stereocenters. The Hall–Kier alpha value is -2.88. The zero-order valence-electron chi connectivity index (χ0n) is 21.4. The molecule has 0 saturated carbocycles. The Morgan fingerprint density at radius 2 is 1.73 bits per heavy atom. The summed E-state index contributed by atoms with van der Waals surface area (Å²) in [5.74, 6) is -0.0419. The number of carbonyl (C=O) groups excluding carboxylic acids is 2. The third kappa shape index (κ3) is 8.31. The first-order chi connectivity index (χ1) is 18.1. The van der Waals surface area contributed by atoms with E-state index in [2.05, 4.69) is 34.6 Å². The Morgan fingerprint density at radius 1 is 1.03 bits per heavy atom. The number of nitrogens with one attached hydrogen (secondary N) is 2. The van der Waals surface area contributed by atoms with Gasteiger partial charge in [-0.05, 0) is 47.0 Å². The van der Waals surface area contributed by atoms with E-state index in [9.17, 15) is 9.59 Å². The van der Waals surface area contributed by atoms with E-state index in [0.29, 0.717) is 26.1 Å². The van der Waals surface area contributed by atoms with Crippen molar-refractivity contribution in [2.75, 3.05) is 31.2 Å². The molecule has 9 heteroatoms. The number of carbonyl (C=O) groups is 2. The predicted molar refractivity (Wildman–Crippen MR) is 151 cm³/mol. The van der Waals surface area contributed by atoms with E-state index in [-0.39, 0.29) is 11.9 Å². The van der Waals surface area contributed by atoms with E-state index in [1.54, 1.807) is 22.7 Å². The minimum atomic E-state index is -0.570. The van der Waals surface area contributed by atoms with Crippen LogP contribution in [0.5, 0.6) is 0 Å².